The number of rotatable bonds is 4. The van der Waals surface area contributed by atoms with E-state index in [0.29, 0.717) is 0 Å². The fourth-order valence-corrected chi connectivity index (χ4v) is 3.01. The monoisotopic (exact) mass is 452 g/mol. The fourth-order valence-electron chi connectivity index (χ4n) is 2.48. The van der Waals surface area contributed by atoms with Gasteiger partial charge in [0.25, 0.3) is 0 Å². The number of urea groups is 1. The first-order chi connectivity index (χ1) is 11.1. The SMILES string of the molecule is CC(C)(NC(=O)NC(C)(C)c1ccc(Br)cc1)c1ccc(Br)cc1. The first-order valence-electron chi connectivity index (χ1n) is 7.72. The molecule has 0 heterocycles. The largest absolute Gasteiger partial charge is 0.329 e. The molecule has 0 fully saturated rings. The molecule has 3 nitrogen and oxygen atoms in total. The molecule has 0 aliphatic rings. The van der Waals surface area contributed by atoms with E-state index >= 15 is 0 Å². The van der Waals surface area contributed by atoms with Crippen molar-refractivity contribution in [1.29, 1.82) is 0 Å². The number of amides is 2. The maximum atomic E-state index is 12.5. The minimum atomic E-state index is -0.472. The van der Waals surface area contributed by atoms with E-state index in [1.165, 1.54) is 0 Å². The van der Waals surface area contributed by atoms with Crippen molar-refractivity contribution >= 4 is 37.9 Å². The fraction of sp³-hybridized carbons (Fsp3) is 0.316. The average molecular weight is 454 g/mol. The van der Waals surface area contributed by atoms with Crippen molar-refractivity contribution in [3.8, 4) is 0 Å². The Balaban J connectivity index is 2.08. The van der Waals surface area contributed by atoms with Crippen molar-refractivity contribution in [2.75, 3.05) is 0 Å². The Morgan fingerprint density at radius 3 is 1.29 bits per heavy atom. The summed E-state index contributed by atoms with van der Waals surface area (Å²) in [6.07, 6.45) is 0. The number of carbonyl (C=O) groups excluding carboxylic acids is 1. The smallest absolute Gasteiger partial charge is 0.316 e. The summed E-state index contributed by atoms with van der Waals surface area (Å²) in [6.45, 7) is 7.95. The zero-order valence-electron chi connectivity index (χ0n) is 14.3. The molecule has 5 heteroatoms. The Bertz CT molecular complexity index is 646. The van der Waals surface area contributed by atoms with Crippen LogP contribution in [0.3, 0.4) is 0 Å². The van der Waals surface area contributed by atoms with Gasteiger partial charge in [-0.1, -0.05) is 56.1 Å². The highest BCUT2D eigenvalue weighted by Crippen LogP contribution is 2.24. The Morgan fingerprint density at radius 2 is 1.00 bits per heavy atom. The summed E-state index contributed by atoms with van der Waals surface area (Å²) in [7, 11) is 0. The molecule has 2 amide bonds. The van der Waals surface area contributed by atoms with E-state index < -0.39 is 11.1 Å². The number of benzene rings is 2. The van der Waals surface area contributed by atoms with Crippen LogP contribution in [0.25, 0.3) is 0 Å². The lowest BCUT2D eigenvalue weighted by Crippen LogP contribution is -2.51. The highest BCUT2D eigenvalue weighted by molar-refractivity contribution is 9.10. The second kappa shape index (κ2) is 7.28. The second-order valence-electron chi connectivity index (χ2n) is 6.84. The van der Waals surface area contributed by atoms with Crippen LogP contribution in [0, 0.1) is 0 Å². The van der Waals surface area contributed by atoms with Gasteiger partial charge < -0.3 is 10.6 Å². The lowest BCUT2D eigenvalue weighted by molar-refractivity contribution is 0.219. The third-order valence-corrected chi connectivity index (χ3v) is 5.04. The molecule has 0 saturated heterocycles. The van der Waals surface area contributed by atoms with Crippen LogP contribution in [-0.4, -0.2) is 6.03 Å². The number of hydrogen-bond acceptors (Lipinski definition) is 1. The van der Waals surface area contributed by atoms with E-state index in [-0.39, 0.29) is 6.03 Å². The predicted octanol–water partition coefficient (Wildman–Crippen LogP) is 5.68. The van der Waals surface area contributed by atoms with E-state index in [4.69, 9.17) is 0 Å². The molecule has 2 N–H and O–H groups in total. The Kier molecular flexibility index (Phi) is 5.76. The molecular weight excluding hydrogens is 432 g/mol. The number of hydrogen-bond donors (Lipinski definition) is 2. The van der Waals surface area contributed by atoms with Gasteiger partial charge in [-0.15, -0.1) is 0 Å². The molecule has 0 aliphatic carbocycles. The zero-order chi connectivity index (χ0) is 18.0. The van der Waals surface area contributed by atoms with Crippen LogP contribution in [0.2, 0.25) is 0 Å². The topological polar surface area (TPSA) is 41.1 Å². The number of nitrogens with one attached hydrogen (secondary N) is 2. The quantitative estimate of drug-likeness (QED) is 0.614. The van der Waals surface area contributed by atoms with Crippen LogP contribution in [0.4, 0.5) is 4.79 Å². The third-order valence-electron chi connectivity index (χ3n) is 3.98. The van der Waals surface area contributed by atoms with Gasteiger partial charge in [-0.05, 0) is 63.1 Å². The number of carbonyl (C=O) groups is 1. The lowest BCUT2D eigenvalue weighted by Gasteiger charge is -2.32. The van der Waals surface area contributed by atoms with Crippen LogP contribution in [0.15, 0.2) is 57.5 Å². The second-order valence-corrected chi connectivity index (χ2v) is 8.67. The lowest BCUT2D eigenvalue weighted by atomic mass is 9.93. The summed E-state index contributed by atoms with van der Waals surface area (Å²) in [4.78, 5) is 12.5. The van der Waals surface area contributed by atoms with E-state index in [2.05, 4.69) is 42.5 Å². The predicted molar refractivity (Wildman–Crippen MR) is 106 cm³/mol. The van der Waals surface area contributed by atoms with Gasteiger partial charge in [0.2, 0.25) is 0 Å². The summed E-state index contributed by atoms with van der Waals surface area (Å²) in [6, 6.07) is 15.7. The van der Waals surface area contributed by atoms with Crippen LogP contribution in [0.1, 0.15) is 38.8 Å². The van der Waals surface area contributed by atoms with E-state index in [0.717, 1.165) is 20.1 Å². The minimum absolute atomic E-state index is 0.198. The Hall–Kier alpha value is -1.33. The van der Waals surface area contributed by atoms with Gasteiger partial charge in [0, 0.05) is 8.95 Å². The molecular formula is C19H22Br2N2O. The maximum Gasteiger partial charge on any atom is 0.316 e. The highest BCUT2D eigenvalue weighted by atomic mass is 79.9. The molecule has 0 aromatic heterocycles. The summed E-state index contributed by atoms with van der Waals surface area (Å²) >= 11 is 6.86. The average Bonchev–Trinajstić information content (AvgIpc) is 2.46. The summed E-state index contributed by atoms with van der Waals surface area (Å²) in [5, 5.41) is 6.11. The molecule has 2 rings (SSSR count). The molecule has 24 heavy (non-hydrogen) atoms. The van der Waals surface area contributed by atoms with Crippen molar-refractivity contribution in [2.45, 2.75) is 38.8 Å². The van der Waals surface area contributed by atoms with Crippen LogP contribution >= 0.6 is 31.9 Å². The van der Waals surface area contributed by atoms with Crippen molar-refractivity contribution in [3.63, 3.8) is 0 Å². The Morgan fingerprint density at radius 1 is 0.708 bits per heavy atom. The maximum absolute atomic E-state index is 12.5. The van der Waals surface area contributed by atoms with Gasteiger partial charge >= 0.3 is 6.03 Å². The first-order valence-corrected chi connectivity index (χ1v) is 9.31. The van der Waals surface area contributed by atoms with E-state index in [1.807, 2.05) is 76.2 Å². The van der Waals surface area contributed by atoms with Crippen molar-refractivity contribution in [2.24, 2.45) is 0 Å². The molecule has 2 aromatic carbocycles. The molecule has 2 aromatic rings. The molecule has 0 bridgehead atoms. The van der Waals surface area contributed by atoms with Crippen LogP contribution < -0.4 is 10.6 Å². The minimum Gasteiger partial charge on any atom is -0.329 e. The molecule has 0 radical (unpaired) electrons. The Labute approximate surface area is 160 Å². The number of halogens is 2. The van der Waals surface area contributed by atoms with Gasteiger partial charge in [0.1, 0.15) is 0 Å². The summed E-state index contributed by atoms with van der Waals surface area (Å²) < 4.78 is 2.03. The third kappa shape index (κ3) is 4.84. The normalized spacial score (nSPS) is 11.9. The first kappa shape index (κ1) is 19.0. The standard InChI is InChI=1S/C19H22Br2N2O/c1-18(2,13-5-9-15(20)10-6-13)22-17(24)23-19(3,4)14-7-11-16(21)12-8-14/h5-12H,1-4H3,(H2,22,23,24). The van der Waals surface area contributed by atoms with Crippen molar-refractivity contribution in [1.82, 2.24) is 10.6 Å². The van der Waals surface area contributed by atoms with Gasteiger partial charge in [0.15, 0.2) is 0 Å². The van der Waals surface area contributed by atoms with E-state index in [1.54, 1.807) is 0 Å². The molecule has 0 spiro atoms. The summed E-state index contributed by atoms with van der Waals surface area (Å²) in [5.41, 5.74) is 1.14. The summed E-state index contributed by atoms with van der Waals surface area (Å²) in [5.74, 6) is 0. The molecule has 0 aliphatic heterocycles. The van der Waals surface area contributed by atoms with Gasteiger partial charge in [-0.2, -0.15) is 0 Å². The van der Waals surface area contributed by atoms with Crippen molar-refractivity contribution < 1.29 is 4.79 Å². The molecule has 128 valence electrons. The van der Waals surface area contributed by atoms with Crippen LogP contribution in [0.5, 0.6) is 0 Å². The zero-order valence-corrected chi connectivity index (χ0v) is 17.5. The molecule has 0 atom stereocenters. The van der Waals surface area contributed by atoms with Gasteiger partial charge in [-0.25, -0.2) is 4.79 Å². The molecule has 0 unspecified atom stereocenters. The van der Waals surface area contributed by atoms with E-state index in [9.17, 15) is 4.79 Å². The van der Waals surface area contributed by atoms with Crippen LogP contribution in [-0.2, 0) is 11.1 Å². The van der Waals surface area contributed by atoms with Crippen molar-refractivity contribution in [3.05, 3.63) is 68.6 Å². The van der Waals surface area contributed by atoms with Gasteiger partial charge in [0.05, 0.1) is 11.1 Å². The highest BCUT2D eigenvalue weighted by Gasteiger charge is 2.27. The van der Waals surface area contributed by atoms with Gasteiger partial charge in [-0.3, -0.25) is 0 Å². The molecule has 0 saturated carbocycles.